The van der Waals surface area contributed by atoms with Gasteiger partial charge in [0.2, 0.25) is 11.5 Å². The SMILES string of the molecule is CC(C)(C)OC(=O)N(C(=O)OC(C)(C)C)c1cc(C(F)(F)F)c2nc1-c1nnc(o1)[C@@](OCc1ccccc1)(C(F)(F)F)CCC=CCC(Cc1ccc(F)cc1)O2. The molecule has 0 saturated heterocycles. The molecule has 1 aliphatic heterocycles. The number of ether oxygens (including phenoxy) is 4. The molecule has 0 spiro atoms. The van der Waals surface area contributed by atoms with Gasteiger partial charge in [-0.15, -0.1) is 10.2 Å². The van der Waals surface area contributed by atoms with E-state index in [0.29, 0.717) is 17.2 Å². The first-order valence-electron chi connectivity index (χ1n) is 18.0. The van der Waals surface area contributed by atoms with Crippen molar-refractivity contribution >= 4 is 17.9 Å². The zero-order valence-corrected chi connectivity index (χ0v) is 32.3. The van der Waals surface area contributed by atoms with Gasteiger partial charge in [0.25, 0.3) is 11.8 Å². The van der Waals surface area contributed by atoms with E-state index < -0.39 is 101 Å². The number of aromatic nitrogens is 3. The highest BCUT2D eigenvalue weighted by Crippen LogP contribution is 2.48. The number of carbonyl (C=O) groups is 2. The van der Waals surface area contributed by atoms with Gasteiger partial charge in [-0.25, -0.2) is 19.0 Å². The molecule has 0 aliphatic carbocycles. The highest BCUT2D eigenvalue weighted by Gasteiger charge is 2.61. The lowest BCUT2D eigenvalue weighted by Gasteiger charge is -2.32. The summed E-state index contributed by atoms with van der Waals surface area (Å²) in [5.41, 5.74) is -8.58. The van der Waals surface area contributed by atoms with Gasteiger partial charge < -0.3 is 23.4 Å². The quantitative estimate of drug-likeness (QED) is 0.137. The molecule has 0 fully saturated rings. The number of fused-ring (bicyclic) bond motifs is 5. The number of hydrogen-bond donors (Lipinski definition) is 0. The fourth-order valence-corrected chi connectivity index (χ4v) is 5.71. The molecule has 0 saturated carbocycles. The van der Waals surface area contributed by atoms with Crippen LogP contribution in [0, 0.1) is 5.82 Å². The molecule has 0 N–H and O–H groups in total. The Hall–Kier alpha value is -5.52. The first-order chi connectivity index (χ1) is 27.0. The molecule has 2 aromatic carbocycles. The monoisotopic (exact) mass is 822 g/mol. The van der Waals surface area contributed by atoms with Gasteiger partial charge in [0.05, 0.1) is 12.3 Å². The average molecular weight is 823 g/mol. The van der Waals surface area contributed by atoms with Crippen LogP contribution in [0.2, 0.25) is 0 Å². The van der Waals surface area contributed by atoms with Crippen molar-refractivity contribution in [2.45, 2.75) is 109 Å². The normalized spacial score (nSPS) is 17.8. The van der Waals surface area contributed by atoms with E-state index in [1.165, 1.54) is 78.0 Å². The molecule has 0 radical (unpaired) electrons. The summed E-state index contributed by atoms with van der Waals surface area (Å²) in [5.74, 6) is -3.76. The number of carbonyl (C=O) groups excluding carboxylic acids is 2. The van der Waals surface area contributed by atoms with Crippen LogP contribution in [0.25, 0.3) is 11.6 Å². The van der Waals surface area contributed by atoms with E-state index in [9.17, 15) is 14.0 Å². The van der Waals surface area contributed by atoms with Gasteiger partial charge in [0, 0.05) is 12.8 Å². The highest BCUT2D eigenvalue weighted by atomic mass is 19.4. The predicted octanol–water partition coefficient (Wildman–Crippen LogP) is 10.7. The second-order valence-electron chi connectivity index (χ2n) is 15.3. The summed E-state index contributed by atoms with van der Waals surface area (Å²) < 4.78 is 133. The molecule has 4 aromatic rings. The Balaban J connectivity index is 1.80. The van der Waals surface area contributed by atoms with Crippen molar-refractivity contribution in [3.63, 3.8) is 0 Å². The van der Waals surface area contributed by atoms with Crippen LogP contribution >= 0.6 is 0 Å². The van der Waals surface area contributed by atoms with Crippen molar-refractivity contribution in [3.05, 3.63) is 101 Å². The molecule has 5 rings (SSSR count). The molecule has 2 atom stereocenters. The van der Waals surface area contributed by atoms with Crippen molar-refractivity contribution in [3.8, 4) is 17.5 Å². The first kappa shape index (κ1) is 43.6. The fourth-order valence-electron chi connectivity index (χ4n) is 5.71. The number of rotatable bonds is 6. The molecular weight excluding hydrogens is 781 g/mol. The zero-order valence-electron chi connectivity index (χ0n) is 32.3. The number of imide groups is 1. The van der Waals surface area contributed by atoms with E-state index in [2.05, 4.69) is 15.2 Å². The summed E-state index contributed by atoms with van der Waals surface area (Å²) in [6.45, 7) is 7.96. The molecule has 2 amide bonds. The number of alkyl halides is 6. The number of halogens is 7. The number of allylic oxidation sites excluding steroid dienone is 1. The van der Waals surface area contributed by atoms with Crippen molar-refractivity contribution in [1.82, 2.24) is 15.2 Å². The minimum absolute atomic E-state index is 0.104. The van der Waals surface area contributed by atoms with Crippen LogP contribution in [-0.4, -0.2) is 50.9 Å². The topological polar surface area (TPSA) is 126 Å². The fraction of sp³-hybridized carbons (Fsp3) is 0.425. The van der Waals surface area contributed by atoms with E-state index in [1.807, 2.05) is 0 Å². The minimum Gasteiger partial charge on any atom is -0.473 e. The summed E-state index contributed by atoms with van der Waals surface area (Å²) in [6, 6.07) is 13.3. The number of amides is 2. The molecule has 2 aromatic heterocycles. The van der Waals surface area contributed by atoms with Gasteiger partial charge in [-0.2, -0.15) is 31.2 Å². The Kier molecular flexibility index (Phi) is 12.6. The lowest BCUT2D eigenvalue weighted by atomic mass is 9.95. The Morgan fingerprint density at radius 3 is 2.03 bits per heavy atom. The molecule has 11 nitrogen and oxygen atoms in total. The lowest BCUT2D eigenvalue weighted by molar-refractivity contribution is -0.299. The van der Waals surface area contributed by atoms with E-state index in [0.717, 1.165) is 12.1 Å². The van der Waals surface area contributed by atoms with Crippen LogP contribution in [-0.2, 0) is 39.0 Å². The smallest absolute Gasteiger partial charge is 0.426 e. The van der Waals surface area contributed by atoms with Crippen LogP contribution in [0.15, 0.2) is 77.2 Å². The van der Waals surface area contributed by atoms with Gasteiger partial charge in [-0.05, 0) is 83.7 Å². The molecule has 4 bridgehead atoms. The van der Waals surface area contributed by atoms with Gasteiger partial charge in [0.1, 0.15) is 28.7 Å². The Morgan fingerprint density at radius 2 is 1.47 bits per heavy atom. The van der Waals surface area contributed by atoms with E-state index >= 15 is 26.3 Å². The van der Waals surface area contributed by atoms with Gasteiger partial charge >= 0.3 is 24.5 Å². The first-order valence-corrected chi connectivity index (χ1v) is 18.0. The second-order valence-corrected chi connectivity index (χ2v) is 15.3. The van der Waals surface area contributed by atoms with E-state index in [1.54, 1.807) is 18.2 Å². The largest absolute Gasteiger partial charge is 0.473 e. The molecule has 1 aliphatic rings. The molecule has 58 heavy (non-hydrogen) atoms. The summed E-state index contributed by atoms with van der Waals surface area (Å²) in [7, 11) is 0. The van der Waals surface area contributed by atoms with Crippen molar-refractivity contribution < 1.29 is 63.7 Å². The minimum atomic E-state index is -5.28. The van der Waals surface area contributed by atoms with E-state index in [-0.39, 0.29) is 24.2 Å². The van der Waals surface area contributed by atoms with E-state index in [4.69, 9.17) is 23.4 Å². The van der Waals surface area contributed by atoms with Crippen LogP contribution in [0.4, 0.5) is 46.0 Å². The Morgan fingerprint density at radius 1 is 0.845 bits per heavy atom. The van der Waals surface area contributed by atoms with Crippen molar-refractivity contribution in [1.29, 1.82) is 0 Å². The third kappa shape index (κ3) is 10.7. The molecule has 3 heterocycles. The van der Waals surface area contributed by atoms with Crippen LogP contribution in [0.1, 0.15) is 83.4 Å². The predicted molar refractivity (Wildman–Crippen MR) is 194 cm³/mol. The molecule has 1 unspecified atom stereocenters. The Labute approximate surface area is 329 Å². The maximum absolute atomic E-state index is 15.4. The number of anilines is 1. The summed E-state index contributed by atoms with van der Waals surface area (Å²) >= 11 is 0. The molecular formula is C40H41F7N4O7. The lowest BCUT2D eigenvalue weighted by Crippen LogP contribution is -2.45. The standard InChI is InChI=1S/C40H41F7N4O7/c1-36(2,3)57-34(52)51(35(53)58-37(4,5)6)29-22-28(39(42,43)44)31-48-30(29)32-49-50-33(56-32)38(40(45,46)47,54-23-25-13-9-7-10-14-25)20-12-8-11-15-27(55-31)21-24-16-18-26(41)19-17-24/h7-11,13-14,16-19,22,27H,12,15,20-21,23H2,1-6H3/t27?,38-/m1/s1. The van der Waals surface area contributed by atoms with Crippen LogP contribution in [0.3, 0.4) is 0 Å². The van der Waals surface area contributed by atoms with Crippen molar-refractivity contribution in [2.24, 2.45) is 0 Å². The summed E-state index contributed by atoms with van der Waals surface area (Å²) in [6.07, 6.45) is -13.3. The highest BCUT2D eigenvalue weighted by molar-refractivity contribution is 6.11. The maximum Gasteiger partial charge on any atom is 0.426 e. The number of pyridine rings is 1. The van der Waals surface area contributed by atoms with Crippen molar-refractivity contribution in [2.75, 3.05) is 4.90 Å². The van der Waals surface area contributed by atoms with Gasteiger partial charge in [0.15, 0.2) is 5.69 Å². The average Bonchev–Trinajstić information content (AvgIpc) is 3.59. The number of nitrogens with zero attached hydrogens (tertiary/aromatic N) is 4. The zero-order chi connectivity index (χ0) is 42.7. The third-order valence-electron chi connectivity index (χ3n) is 8.31. The maximum atomic E-state index is 15.4. The number of hydrogen-bond acceptors (Lipinski definition) is 10. The number of benzene rings is 2. The van der Waals surface area contributed by atoms with Gasteiger partial charge in [-0.1, -0.05) is 54.6 Å². The molecule has 18 heteroatoms. The summed E-state index contributed by atoms with van der Waals surface area (Å²) in [4.78, 5) is 31.7. The van der Waals surface area contributed by atoms with Crippen LogP contribution < -0.4 is 9.64 Å². The Bertz CT molecular complexity index is 2060. The second kappa shape index (κ2) is 16.8. The van der Waals surface area contributed by atoms with Crippen LogP contribution in [0.5, 0.6) is 5.88 Å². The third-order valence-corrected chi connectivity index (χ3v) is 8.31. The molecule has 312 valence electrons. The summed E-state index contributed by atoms with van der Waals surface area (Å²) in [5, 5.41) is 7.44. The van der Waals surface area contributed by atoms with Gasteiger partial charge in [-0.3, -0.25) is 0 Å².